The van der Waals surface area contributed by atoms with Crippen LogP contribution in [0, 0.1) is 0 Å². The van der Waals surface area contributed by atoms with Gasteiger partial charge in [0, 0.05) is 23.1 Å². The summed E-state index contributed by atoms with van der Waals surface area (Å²) in [5.41, 5.74) is 0.873. The van der Waals surface area contributed by atoms with Crippen molar-refractivity contribution < 1.29 is 17.7 Å². The maximum absolute atomic E-state index is 12.8. The van der Waals surface area contributed by atoms with Crippen LogP contribution >= 0.6 is 11.3 Å². The fourth-order valence-corrected chi connectivity index (χ4v) is 6.32. The Bertz CT molecular complexity index is 1150. The summed E-state index contributed by atoms with van der Waals surface area (Å²) in [6.07, 6.45) is 4.19. The first-order valence-corrected chi connectivity index (χ1v) is 13.9. The minimum Gasteiger partial charge on any atom is -0.355 e. The fourth-order valence-electron chi connectivity index (χ4n) is 4.13. The molecule has 1 fully saturated rings. The second-order valence-corrected chi connectivity index (χ2v) is 11.3. The Balaban J connectivity index is 1.42. The van der Waals surface area contributed by atoms with Gasteiger partial charge in [-0.2, -0.15) is 0 Å². The third-order valence-corrected chi connectivity index (χ3v) is 8.78. The topological polar surface area (TPSA) is 92.5 Å². The molecule has 1 saturated heterocycles. The average Bonchev–Trinajstić information content (AvgIpc) is 3.53. The summed E-state index contributed by atoms with van der Waals surface area (Å²) in [4.78, 5) is 16.7. The monoisotopic (exact) mass is 487 g/mol. The molecule has 9 heteroatoms. The average molecular weight is 488 g/mol. The van der Waals surface area contributed by atoms with Crippen LogP contribution in [0.15, 0.2) is 57.3 Å². The third-order valence-electron chi connectivity index (χ3n) is 5.87. The van der Waals surface area contributed by atoms with Gasteiger partial charge in [-0.05, 0) is 68.1 Å². The quantitative estimate of drug-likeness (QED) is 0.476. The molecule has 2 aromatic heterocycles. The number of thiophene rings is 1. The number of rotatable bonds is 9. The van der Waals surface area contributed by atoms with Crippen LogP contribution in [0.25, 0.3) is 11.3 Å². The standard InChI is InChI=1S/C24H29N3O4S2/c1-2-15-33(29,30)19-10-8-18(9-11-19)22-16-20(26-31-22)24(28)25-17-21(23-7-6-14-32-23)27-12-4-3-5-13-27/h6-11,14,16,21H,2-5,12-13,15,17H2,1H3,(H,25,28). The van der Waals surface area contributed by atoms with Gasteiger partial charge in [0.1, 0.15) is 0 Å². The molecular weight excluding hydrogens is 458 g/mol. The van der Waals surface area contributed by atoms with E-state index in [0.29, 0.717) is 24.3 Å². The molecule has 3 aromatic rings. The summed E-state index contributed by atoms with van der Waals surface area (Å²) in [5.74, 6) is 0.249. The number of piperidine rings is 1. The van der Waals surface area contributed by atoms with Crippen molar-refractivity contribution in [3.63, 3.8) is 0 Å². The minimum atomic E-state index is -3.27. The van der Waals surface area contributed by atoms with Crippen molar-refractivity contribution in [3.8, 4) is 11.3 Å². The van der Waals surface area contributed by atoms with E-state index < -0.39 is 9.84 Å². The molecule has 0 aliphatic carbocycles. The molecule has 1 aromatic carbocycles. The van der Waals surface area contributed by atoms with E-state index in [1.807, 2.05) is 13.0 Å². The van der Waals surface area contributed by atoms with E-state index in [1.165, 1.54) is 24.1 Å². The summed E-state index contributed by atoms with van der Waals surface area (Å²) in [6, 6.07) is 12.4. The Morgan fingerprint density at radius 2 is 1.94 bits per heavy atom. The van der Waals surface area contributed by atoms with Gasteiger partial charge in [-0.25, -0.2) is 8.42 Å². The van der Waals surface area contributed by atoms with Crippen LogP contribution in [0.5, 0.6) is 0 Å². The molecular formula is C24H29N3O4S2. The van der Waals surface area contributed by atoms with E-state index in [2.05, 4.69) is 26.8 Å². The first kappa shape index (κ1) is 23.7. The molecule has 7 nitrogen and oxygen atoms in total. The number of benzene rings is 1. The van der Waals surface area contributed by atoms with Crippen molar-refractivity contribution >= 4 is 27.1 Å². The number of aromatic nitrogens is 1. The molecule has 3 heterocycles. The highest BCUT2D eigenvalue weighted by Crippen LogP contribution is 2.28. The molecule has 1 unspecified atom stereocenters. The van der Waals surface area contributed by atoms with E-state index in [0.717, 1.165) is 13.1 Å². The van der Waals surface area contributed by atoms with Crippen LogP contribution in [-0.4, -0.2) is 49.8 Å². The number of nitrogens with one attached hydrogen (secondary N) is 1. The van der Waals surface area contributed by atoms with E-state index in [-0.39, 0.29) is 28.3 Å². The number of carbonyl (C=O) groups is 1. The molecule has 1 amide bonds. The molecule has 0 bridgehead atoms. The molecule has 4 rings (SSSR count). The van der Waals surface area contributed by atoms with Crippen molar-refractivity contribution in [2.75, 3.05) is 25.4 Å². The van der Waals surface area contributed by atoms with Crippen molar-refractivity contribution in [1.82, 2.24) is 15.4 Å². The molecule has 1 aliphatic rings. The van der Waals surface area contributed by atoms with Crippen LogP contribution in [0.2, 0.25) is 0 Å². The van der Waals surface area contributed by atoms with Crippen molar-refractivity contribution in [2.24, 2.45) is 0 Å². The van der Waals surface area contributed by atoms with E-state index in [1.54, 1.807) is 41.7 Å². The fraction of sp³-hybridized carbons (Fsp3) is 0.417. The normalized spacial score (nSPS) is 15.9. The number of likely N-dealkylation sites (tertiary alicyclic amines) is 1. The van der Waals surface area contributed by atoms with Crippen LogP contribution < -0.4 is 5.32 Å². The highest BCUT2D eigenvalue weighted by atomic mass is 32.2. The number of amides is 1. The van der Waals surface area contributed by atoms with Crippen LogP contribution in [-0.2, 0) is 9.84 Å². The lowest BCUT2D eigenvalue weighted by Crippen LogP contribution is -2.40. The van der Waals surface area contributed by atoms with Gasteiger partial charge < -0.3 is 9.84 Å². The number of sulfone groups is 1. The number of hydrogen-bond acceptors (Lipinski definition) is 7. The van der Waals surface area contributed by atoms with E-state index in [9.17, 15) is 13.2 Å². The zero-order chi connectivity index (χ0) is 23.3. The Morgan fingerprint density at radius 3 is 2.61 bits per heavy atom. The van der Waals surface area contributed by atoms with Gasteiger partial charge in [0.2, 0.25) is 0 Å². The van der Waals surface area contributed by atoms with Crippen molar-refractivity contribution in [2.45, 2.75) is 43.5 Å². The zero-order valence-electron chi connectivity index (χ0n) is 18.7. The lowest BCUT2D eigenvalue weighted by molar-refractivity contribution is 0.0917. The molecule has 0 spiro atoms. The first-order chi connectivity index (χ1) is 16.0. The number of hydrogen-bond donors (Lipinski definition) is 1. The molecule has 1 N–H and O–H groups in total. The lowest BCUT2D eigenvalue weighted by Gasteiger charge is -2.34. The molecule has 0 radical (unpaired) electrons. The molecule has 33 heavy (non-hydrogen) atoms. The van der Waals surface area contributed by atoms with Gasteiger partial charge in [0.05, 0.1) is 16.7 Å². The third kappa shape index (κ3) is 5.72. The van der Waals surface area contributed by atoms with E-state index >= 15 is 0 Å². The van der Waals surface area contributed by atoms with E-state index in [4.69, 9.17) is 4.52 Å². The summed E-state index contributed by atoms with van der Waals surface area (Å²) in [5, 5.41) is 9.01. The van der Waals surface area contributed by atoms with Gasteiger partial charge in [-0.1, -0.05) is 24.6 Å². The summed E-state index contributed by atoms with van der Waals surface area (Å²) in [7, 11) is -3.27. The zero-order valence-corrected chi connectivity index (χ0v) is 20.3. The molecule has 1 atom stereocenters. The van der Waals surface area contributed by atoms with Crippen LogP contribution in [0.4, 0.5) is 0 Å². The van der Waals surface area contributed by atoms with Crippen molar-refractivity contribution in [3.05, 3.63) is 58.4 Å². The largest absolute Gasteiger partial charge is 0.355 e. The highest BCUT2D eigenvalue weighted by Gasteiger charge is 2.24. The maximum atomic E-state index is 12.8. The summed E-state index contributed by atoms with van der Waals surface area (Å²) in [6.45, 7) is 4.42. The van der Waals surface area contributed by atoms with Gasteiger partial charge in [0.15, 0.2) is 21.3 Å². The van der Waals surface area contributed by atoms with Gasteiger partial charge >= 0.3 is 0 Å². The SMILES string of the molecule is CCCS(=O)(=O)c1ccc(-c2cc(C(=O)NCC(c3cccs3)N3CCCCC3)no2)cc1. The lowest BCUT2D eigenvalue weighted by atomic mass is 10.1. The summed E-state index contributed by atoms with van der Waals surface area (Å²) < 4.78 is 29.8. The Morgan fingerprint density at radius 1 is 1.18 bits per heavy atom. The smallest absolute Gasteiger partial charge is 0.273 e. The number of carbonyl (C=O) groups excluding carboxylic acids is 1. The minimum absolute atomic E-state index is 0.114. The second-order valence-electron chi connectivity index (χ2n) is 8.26. The maximum Gasteiger partial charge on any atom is 0.273 e. The Labute approximate surface area is 198 Å². The van der Waals surface area contributed by atoms with Gasteiger partial charge in [-0.3, -0.25) is 9.69 Å². The Kier molecular flexibility index (Phi) is 7.62. The molecule has 176 valence electrons. The Hall–Kier alpha value is -2.49. The number of nitrogens with zero attached hydrogens (tertiary/aromatic N) is 2. The van der Waals surface area contributed by atoms with Gasteiger partial charge in [0.25, 0.3) is 5.91 Å². The predicted molar refractivity (Wildman–Crippen MR) is 129 cm³/mol. The summed E-state index contributed by atoms with van der Waals surface area (Å²) >= 11 is 1.71. The molecule has 1 aliphatic heterocycles. The second kappa shape index (κ2) is 10.6. The van der Waals surface area contributed by atoms with Crippen molar-refractivity contribution in [1.29, 1.82) is 0 Å². The van der Waals surface area contributed by atoms with Crippen LogP contribution in [0.3, 0.4) is 0 Å². The van der Waals surface area contributed by atoms with Crippen LogP contribution in [0.1, 0.15) is 54.0 Å². The predicted octanol–water partition coefficient (Wildman–Crippen LogP) is 4.54. The highest BCUT2D eigenvalue weighted by molar-refractivity contribution is 7.91. The molecule has 0 saturated carbocycles. The first-order valence-electron chi connectivity index (χ1n) is 11.3. The van der Waals surface area contributed by atoms with Gasteiger partial charge in [-0.15, -0.1) is 11.3 Å².